The van der Waals surface area contributed by atoms with Gasteiger partial charge in [0.1, 0.15) is 5.82 Å². The molecule has 0 fully saturated rings. The standard InChI is InChI=1S/C11H14N6O2/c1-7-3-4-9(17(18)19)11(15-7)13-5-8-6-14-16(2)10(8)12/h3-4,6H,5,12H2,1-2H3,(H,13,15). The number of rotatable bonds is 4. The van der Waals surface area contributed by atoms with Crippen molar-refractivity contribution >= 4 is 17.3 Å². The lowest BCUT2D eigenvalue weighted by atomic mass is 10.3. The SMILES string of the molecule is Cc1ccc([N+](=O)[O-])c(NCc2cnn(C)c2N)n1. The topological polar surface area (TPSA) is 112 Å². The average Bonchev–Trinajstić information content (AvgIpc) is 2.67. The van der Waals surface area contributed by atoms with Gasteiger partial charge in [-0.2, -0.15) is 5.10 Å². The van der Waals surface area contributed by atoms with Crippen molar-refractivity contribution in [3.63, 3.8) is 0 Å². The molecule has 2 heterocycles. The molecular formula is C11H14N6O2. The highest BCUT2D eigenvalue weighted by Gasteiger charge is 2.15. The van der Waals surface area contributed by atoms with Crippen LogP contribution >= 0.6 is 0 Å². The second-order valence-electron chi connectivity index (χ2n) is 4.11. The summed E-state index contributed by atoms with van der Waals surface area (Å²) in [5.74, 6) is 0.746. The molecule has 0 saturated carbocycles. The predicted octanol–water partition coefficient (Wildman–Crippen LogP) is 1.23. The van der Waals surface area contributed by atoms with Crippen LogP contribution in [0.2, 0.25) is 0 Å². The summed E-state index contributed by atoms with van der Waals surface area (Å²) in [7, 11) is 1.73. The molecule has 0 unspecified atom stereocenters. The molecule has 8 nitrogen and oxygen atoms in total. The fourth-order valence-electron chi connectivity index (χ4n) is 1.63. The zero-order valence-electron chi connectivity index (χ0n) is 10.6. The number of hydrogen-bond donors (Lipinski definition) is 2. The van der Waals surface area contributed by atoms with E-state index in [2.05, 4.69) is 15.4 Å². The van der Waals surface area contributed by atoms with Gasteiger partial charge in [-0.25, -0.2) is 4.98 Å². The second kappa shape index (κ2) is 4.92. The van der Waals surface area contributed by atoms with Gasteiger partial charge in [0, 0.05) is 30.9 Å². The number of nitrogens with one attached hydrogen (secondary N) is 1. The van der Waals surface area contributed by atoms with Crippen LogP contribution < -0.4 is 11.1 Å². The summed E-state index contributed by atoms with van der Waals surface area (Å²) in [6.07, 6.45) is 1.62. The van der Waals surface area contributed by atoms with Gasteiger partial charge in [0.05, 0.1) is 11.1 Å². The molecule has 2 rings (SSSR count). The minimum Gasteiger partial charge on any atom is -0.384 e. The third-order valence-corrected chi connectivity index (χ3v) is 2.72. The van der Waals surface area contributed by atoms with Crippen LogP contribution in [0.3, 0.4) is 0 Å². The van der Waals surface area contributed by atoms with Crippen LogP contribution in [-0.4, -0.2) is 19.7 Å². The number of nitrogen functional groups attached to an aromatic ring is 1. The summed E-state index contributed by atoms with van der Waals surface area (Å²) < 4.78 is 1.54. The molecule has 0 spiro atoms. The van der Waals surface area contributed by atoms with Crippen LogP contribution in [0.15, 0.2) is 18.3 Å². The number of hydrogen-bond acceptors (Lipinski definition) is 6. The fraction of sp³-hybridized carbons (Fsp3) is 0.273. The lowest BCUT2D eigenvalue weighted by Gasteiger charge is -2.06. The van der Waals surface area contributed by atoms with Gasteiger partial charge in [0.25, 0.3) is 0 Å². The molecule has 0 aliphatic heterocycles. The Balaban J connectivity index is 2.21. The highest BCUT2D eigenvalue weighted by Crippen LogP contribution is 2.23. The monoisotopic (exact) mass is 262 g/mol. The first-order valence-corrected chi connectivity index (χ1v) is 5.61. The lowest BCUT2D eigenvalue weighted by Crippen LogP contribution is -2.07. The third kappa shape index (κ3) is 2.62. The van der Waals surface area contributed by atoms with Gasteiger partial charge in [-0.1, -0.05) is 0 Å². The minimum absolute atomic E-state index is 0.0620. The lowest BCUT2D eigenvalue weighted by molar-refractivity contribution is -0.384. The quantitative estimate of drug-likeness (QED) is 0.633. The first kappa shape index (κ1) is 12.8. The van der Waals surface area contributed by atoms with Crippen molar-refractivity contribution in [2.45, 2.75) is 13.5 Å². The Morgan fingerprint density at radius 2 is 2.26 bits per heavy atom. The summed E-state index contributed by atoms with van der Waals surface area (Å²) in [5, 5.41) is 17.8. The summed E-state index contributed by atoms with van der Waals surface area (Å²) in [4.78, 5) is 14.6. The number of nitrogens with zero attached hydrogens (tertiary/aromatic N) is 4. The maximum atomic E-state index is 10.9. The molecule has 0 atom stereocenters. The van der Waals surface area contributed by atoms with Crippen molar-refractivity contribution < 1.29 is 4.92 Å². The van der Waals surface area contributed by atoms with Gasteiger partial charge < -0.3 is 11.1 Å². The molecule has 3 N–H and O–H groups in total. The molecular weight excluding hydrogens is 248 g/mol. The Kier molecular flexibility index (Phi) is 3.32. The normalized spacial score (nSPS) is 10.4. The van der Waals surface area contributed by atoms with E-state index in [1.165, 1.54) is 10.7 Å². The van der Waals surface area contributed by atoms with Crippen LogP contribution in [0.5, 0.6) is 0 Å². The van der Waals surface area contributed by atoms with E-state index in [0.717, 1.165) is 5.56 Å². The summed E-state index contributed by atoms with van der Waals surface area (Å²) in [6.45, 7) is 2.10. The van der Waals surface area contributed by atoms with Crippen LogP contribution in [0.4, 0.5) is 17.3 Å². The van der Waals surface area contributed by atoms with Crippen molar-refractivity contribution in [3.8, 4) is 0 Å². The molecule has 19 heavy (non-hydrogen) atoms. The third-order valence-electron chi connectivity index (χ3n) is 2.72. The number of anilines is 2. The molecule has 0 aliphatic carbocycles. The molecule has 2 aromatic rings. The van der Waals surface area contributed by atoms with E-state index in [0.29, 0.717) is 18.1 Å². The minimum atomic E-state index is -0.471. The van der Waals surface area contributed by atoms with Crippen LogP contribution in [0.25, 0.3) is 0 Å². The summed E-state index contributed by atoms with van der Waals surface area (Å²) >= 11 is 0. The van der Waals surface area contributed by atoms with Crippen molar-refractivity contribution in [3.05, 3.63) is 39.7 Å². The van der Waals surface area contributed by atoms with Crippen molar-refractivity contribution in [1.82, 2.24) is 14.8 Å². The molecule has 2 aromatic heterocycles. The Bertz CT molecular complexity index is 622. The van der Waals surface area contributed by atoms with E-state index >= 15 is 0 Å². The highest BCUT2D eigenvalue weighted by atomic mass is 16.6. The number of aryl methyl sites for hydroxylation is 2. The molecule has 0 amide bonds. The van der Waals surface area contributed by atoms with Gasteiger partial charge in [-0.3, -0.25) is 14.8 Å². The number of pyridine rings is 1. The zero-order chi connectivity index (χ0) is 14.0. The summed E-state index contributed by atoms with van der Waals surface area (Å²) in [5.41, 5.74) is 7.20. The molecule has 8 heteroatoms. The van der Waals surface area contributed by atoms with E-state index < -0.39 is 4.92 Å². The van der Waals surface area contributed by atoms with E-state index in [9.17, 15) is 10.1 Å². The highest BCUT2D eigenvalue weighted by molar-refractivity contribution is 5.56. The van der Waals surface area contributed by atoms with Gasteiger partial charge in [0.15, 0.2) is 0 Å². The predicted molar refractivity (Wildman–Crippen MR) is 70.6 cm³/mol. The van der Waals surface area contributed by atoms with E-state index in [4.69, 9.17) is 5.73 Å². The molecule has 0 saturated heterocycles. The van der Waals surface area contributed by atoms with Crippen molar-refractivity contribution in [2.75, 3.05) is 11.1 Å². The van der Waals surface area contributed by atoms with E-state index in [1.807, 2.05) is 0 Å². The Labute approximate surface area is 109 Å². The Morgan fingerprint density at radius 3 is 2.84 bits per heavy atom. The number of aromatic nitrogens is 3. The van der Waals surface area contributed by atoms with Crippen LogP contribution in [0.1, 0.15) is 11.3 Å². The van der Waals surface area contributed by atoms with Gasteiger partial charge in [0.2, 0.25) is 5.82 Å². The van der Waals surface area contributed by atoms with Gasteiger partial charge in [-0.05, 0) is 13.0 Å². The summed E-state index contributed by atoms with van der Waals surface area (Å²) in [6, 6.07) is 3.03. The first-order valence-electron chi connectivity index (χ1n) is 5.61. The maximum absolute atomic E-state index is 10.9. The molecule has 0 aromatic carbocycles. The van der Waals surface area contributed by atoms with Crippen LogP contribution in [0, 0.1) is 17.0 Å². The first-order chi connectivity index (χ1) is 8.99. The van der Waals surface area contributed by atoms with E-state index in [1.54, 1.807) is 26.2 Å². The second-order valence-corrected chi connectivity index (χ2v) is 4.11. The smallest absolute Gasteiger partial charge is 0.311 e. The molecule has 0 radical (unpaired) electrons. The van der Waals surface area contributed by atoms with Gasteiger partial charge in [-0.15, -0.1) is 0 Å². The average molecular weight is 262 g/mol. The van der Waals surface area contributed by atoms with Crippen molar-refractivity contribution in [2.24, 2.45) is 7.05 Å². The maximum Gasteiger partial charge on any atom is 0.311 e. The molecule has 0 bridgehead atoms. The largest absolute Gasteiger partial charge is 0.384 e. The molecule has 100 valence electrons. The van der Waals surface area contributed by atoms with Crippen LogP contribution in [-0.2, 0) is 13.6 Å². The zero-order valence-corrected chi connectivity index (χ0v) is 10.6. The van der Waals surface area contributed by atoms with Gasteiger partial charge >= 0.3 is 5.69 Å². The fourth-order valence-corrected chi connectivity index (χ4v) is 1.63. The Hall–Kier alpha value is -2.64. The molecule has 0 aliphatic rings. The number of nitro groups is 1. The Morgan fingerprint density at radius 1 is 1.53 bits per heavy atom. The van der Waals surface area contributed by atoms with Crippen molar-refractivity contribution in [1.29, 1.82) is 0 Å². The number of nitrogens with two attached hydrogens (primary N) is 1. The van der Waals surface area contributed by atoms with E-state index in [-0.39, 0.29) is 11.5 Å².